The Bertz CT molecular complexity index is 659. The molecule has 23 heavy (non-hydrogen) atoms. The molecule has 1 aromatic rings. The number of aromatic carboxylic acids is 1. The van der Waals surface area contributed by atoms with Crippen molar-refractivity contribution in [2.45, 2.75) is 39.3 Å². The second kappa shape index (κ2) is 6.44. The van der Waals surface area contributed by atoms with Crippen LogP contribution in [0.3, 0.4) is 0 Å². The van der Waals surface area contributed by atoms with Crippen LogP contribution in [0.15, 0.2) is 23.1 Å². The van der Waals surface area contributed by atoms with Gasteiger partial charge in [0, 0.05) is 25.8 Å². The van der Waals surface area contributed by atoms with Gasteiger partial charge in [0.15, 0.2) is 0 Å². The predicted octanol–water partition coefficient (Wildman–Crippen LogP) is 1.80. The number of hydrogen-bond acceptors (Lipinski definition) is 4. The third kappa shape index (κ3) is 4.34. The van der Waals surface area contributed by atoms with Crippen molar-refractivity contribution in [2.75, 3.05) is 13.1 Å². The number of aromatic nitrogens is 1. The lowest BCUT2D eigenvalue weighted by Gasteiger charge is -2.24. The van der Waals surface area contributed by atoms with Gasteiger partial charge in [-0.15, -0.1) is 0 Å². The molecule has 1 N–H and O–H groups in total. The van der Waals surface area contributed by atoms with Gasteiger partial charge in [0.1, 0.15) is 11.2 Å². The van der Waals surface area contributed by atoms with E-state index in [0.29, 0.717) is 19.6 Å². The van der Waals surface area contributed by atoms with E-state index >= 15 is 0 Å². The van der Waals surface area contributed by atoms with Gasteiger partial charge in [0.25, 0.3) is 5.56 Å². The third-order valence-corrected chi connectivity index (χ3v) is 3.64. The fraction of sp³-hybridized carbons (Fsp3) is 0.562. The maximum absolute atomic E-state index is 12.1. The Morgan fingerprint density at radius 3 is 2.70 bits per heavy atom. The number of carbonyl (C=O) groups excluding carboxylic acids is 1. The molecule has 0 saturated carbocycles. The van der Waals surface area contributed by atoms with Crippen LogP contribution in [-0.4, -0.2) is 45.3 Å². The first-order chi connectivity index (χ1) is 10.7. The Kier molecular flexibility index (Phi) is 4.77. The average Bonchev–Trinajstić information content (AvgIpc) is 2.87. The van der Waals surface area contributed by atoms with Crippen LogP contribution >= 0.6 is 0 Å². The molecule has 1 unspecified atom stereocenters. The van der Waals surface area contributed by atoms with Crippen molar-refractivity contribution < 1.29 is 19.4 Å². The van der Waals surface area contributed by atoms with Crippen LogP contribution in [0.5, 0.6) is 0 Å². The van der Waals surface area contributed by atoms with E-state index in [4.69, 9.17) is 9.84 Å². The standard InChI is InChI=1S/C16H22N2O5/c1-16(2,3)23-15(22)18-8-6-11(10-18)9-17-7-4-5-12(13(17)19)14(20)21/h4-5,7,11H,6,8-10H2,1-3H3,(H,20,21). The largest absolute Gasteiger partial charge is 0.477 e. The number of ether oxygens (including phenoxy) is 1. The summed E-state index contributed by atoms with van der Waals surface area (Å²) in [7, 11) is 0. The topological polar surface area (TPSA) is 88.8 Å². The fourth-order valence-electron chi connectivity index (χ4n) is 2.60. The van der Waals surface area contributed by atoms with Gasteiger partial charge in [-0.2, -0.15) is 0 Å². The molecule has 0 radical (unpaired) electrons. The number of amides is 1. The zero-order valence-corrected chi connectivity index (χ0v) is 13.6. The molecular weight excluding hydrogens is 300 g/mol. The Morgan fingerprint density at radius 1 is 1.39 bits per heavy atom. The lowest BCUT2D eigenvalue weighted by atomic mass is 10.1. The molecule has 1 amide bonds. The molecule has 1 saturated heterocycles. The zero-order chi connectivity index (χ0) is 17.2. The number of carbonyl (C=O) groups is 2. The first-order valence-corrected chi connectivity index (χ1v) is 7.58. The maximum atomic E-state index is 12.1. The fourth-order valence-corrected chi connectivity index (χ4v) is 2.60. The number of carboxylic acids is 1. The van der Waals surface area contributed by atoms with E-state index < -0.39 is 17.1 Å². The Hall–Kier alpha value is -2.31. The Labute approximate surface area is 134 Å². The van der Waals surface area contributed by atoms with Gasteiger partial charge in [-0.1, -0.05) is 0 Å². The molecule has 0 spiro atoms. The summed E-state index contributed by atoms with van der Waals surface area (Å²) in [6.07, 6.45) is 1.97. The molecule has 1 atom stereocenters. The minimum Gasteiger partial charge on any atom is -0.477 e. The molecule has 7 nitrogen and oxygen atoms in total. The third-order valence-electron chi connectivity index (χ3n) is 3.64. The van der Waals surface area contributed by atoms with Crippen molar-refractivity contribution in [1.82, 2.24) is 9.47 Å². The highest BCUT2D eigenvalue weighted by molar-refractivity contribution is 5.86. The lowest BCUT2D eigenvalue weighted by Crippen LogP contribution is -2.36. The minimum absolute atomic E-state index is 0.101. The molecule has 1 fully saturated rings. The molecule has 7 heteroatoms. The summed E-state index contributed by atoms with van der Waals surface area (Å²) < 4.78 is 6.73. The van der Waals surface area contributed by atoms with Gasteiger partial charge in [-0.05, 0) is 45.2 Å². The van der Waals surface area contributed by atoms with Crippen molar-refractivity contribution in [3.05, 3.63) is 34.2 Å². The highest BCUT2D eigenvalue weighted by Crippen LogP contribution is 2.20. The van der Waals surface area contributed by atoms with Crippen LogP contribution in [0.4, 0.5) is 4.79 Å². The SMILES string of the molecule is CC(C)(C)OC(=O)N1CCC(Cn2cccc(C(=O)O)c2=O)C1. The quantitative estimate of drug-likeness (QED) is 0.916. The normalized spacial score (nSPS) is 18.0. The smallest absolute Gasteiger partial charge is 0.410 e. The number of nitrogens with zero attached hydrogens (tertiary/aromatic N) is 2. The molecule has 1 aliphatic rings. The molecule has 1 aromatic heterocycles. The van der Waals surface area contributed by atoms with Crippen molar-refractivity contribution >= 4 is 12.1 Å². The number of likely N-dealkylation sites (tertiary alicyclic amines) is 1. The first-order valence-electron chi connectivity index (χ1n) is 7.58. The maximum Gasteiger partial charge on any atom is 0.410 e. The molecule has 2 rings (SSSR count). The summed E-state index contributed by atoms with van der Waals surface area (Å²) >= 11 is 0. The van der Waals surface area contributed by atoms with Crippen LogP contribution in [-0.2, 0) is 11.3 Å². The van der Waals surface area contributed by atoms with Crippen LogP contribution in [0.2, 0.25) is 0 Å². The van der Waals surface area contributed by atoms with Crippen molar-refractivity contribution in [3.8, 4) is 0 Å². The summed E-state index contributed by atoms with van der Waals surface area (Å²) in [4.78, 5) is 36.7. The molecule has 1 aliphatic heterocycles. The second-order valence-electron chi connectivity index (χ2n) is 6.77. The number of pyridine rings is 1. The van der Waals surface area contributed by atoms with E-state index in [1.54, 1.807) is 17.2 Å². The monoisotopic (exact) mass is 322 g/mol. The average molecular weight is 322 g/mol. The summed E-state index contributed by atoms with van der Waals surface area (Å²) in [5.74, 6) is -1.13. The highest BCUT2D eigenvalue weighted by Gasteiger charge is 2.30. The molecular formula is C16H22N2O5. The van der Waals surface area contributed by atoms with Gasteiger partial charge in [-0.25, -0.2) is 9.59 Å². The van der Waals surface area contributed by atoms with Crippen LogP contribution < -0.4 is 5.56 Å². The van der Waals surface area contributed by atoms with Gasteiger partial charge in [0.05, 0.1) is 0 Å². The molecule has 0 aromatic carbocycles. The van der Waals surface area contributed by atoms with Gasteiger partial charge < -0.3 is 19.3 Å². The molecule has 126 valence electrons. The summed E-state index contributed by atoms with van der Waals surface area (Å²) in [5.41, 5.74) is -1.30. The summed E-state index contributed by atoms with van der Waals surface area (Å²) in [6.45, 7) is 6.91. The summed E-state index contributed by atoms with van der Waals surface area (Å²) in [5, 5.41) is 8.99. The van der Waals surface area contributed by atoms with E-state index in [9.17, 15) is 14.4 Å². The van der Waals surface area contributed by atoms with E-state index in [1.807, 2.05) is 20.8 Å². The van der Waals surface area contributed by atoms with Crippen LogP contribution in [0, 0.1) is 5.92 Å². The first kappa shape index (κ1) is 17.1. The lowest BCUT2D eigenvalue weighted by molar-refractivity contribution is 0.0287. The predicted molar refractivity (Wildman–Crippen MR) is 83.6 cm³/mol. The van der Waals surface area contributed by atoms with Crippen molar-refractivity contribution in [1.29, 1.82) is 0 Å². The van der Waals surface area contributed by atoms with E-state index in [1.165, 1.54) is 10.6 Å². The Balaban J connectivity index is 2.01. The molecule has 2 heterocycles. The van der Waals surface area contributed by atoms with Gasteiger partial charge in [0.2, 0.25) is 0 Å². The zero-order valence-electron chi connectivity index (χ0n) is 13.6. The van der Waals surface area contributed by atoms with E-state index in [-0.39, 0.29) is 17.6 Å². The second-order valence-corrected chi connectivity index (χ2v) is 6.77. The highest BCUT2D eigenvalue weighted by atomic mass is 16.6. The molecule has 0 bridgehead atoms. The molecule has 0 aliphatic carbocycles. The number of carboxylic acid groups (broad SMARTS) is 1. The van der Waals surface area contributed by atoms with Crippen LogP contribution in [0.25, 0.3) is 0 Å². The number of hydrogen-bond donors (Lipinski definition) is 1. The summed E-state index contributed by atoms with van der Waals surface area (Å²) in [6, 6.07) is 2.84. The van der Waals surface area contributed by atoms with Crippen molar-refractivity contribution in [3.63, 3.8) is 0 Å². The van der Waals surface area contributed by atoms with E-state index in [0.717, 1.165) is 6.42 Å². The van der Waals surface area contributed by atoms with Crippen LogP contribution in [0.1, 0.15) is 37.6 Å². The van der Waals surface area contributed by atoms with E-state index in [2.05, 4.69) is 0 Å². The minimum atomic E-state index is -1.23. The van der Waals surface area contributed by atoms with Gasteiger partial charge in [-0.3, -0.25) is 4.79 Å². The number of rotatable bonds is 3. The van der Waals surface area contributed by atoms with Gasteiger partial charge >= 0.3 is 12.1 Å². The Morgan fingerprint density at radius 2 is 2.09 bits per heavy atom. The van der Waals surface area contributed by atoms with Crippen molar-refractivity contribution in [2.24, 2.45) is 5.92 Å².